The average molecular weight is 281 g/mol. The number of aryl methyl sites for hydroxylation is 1. The normalized spacial score (nSPS) is 17.8. The maximum Gasteiger partial charge on any atom is 0.171 e. The maximum atomic E-state index is 11.5. The van der Waals surface area contributed by atoms with Crippen molar-refractivity contribution in [1.29, 1.82) is 0 Å². The summed E-state index contributed by atoms with van der Waals surface area (Å²) in [6.07, 6.45) is 1.81. The number of rotatable bonds is 5. The Morgan fingerprint density at radius 3 is 2.53 bits per heavy atom. The van der Waals surface area contributed by atoms with Gasteiger partial charge in [-0.3, -0.25) is 4.79 Å². The number of carbonyl (C=O) groups excluding carboxylic acids is 1. The zero-order valence-corrected chi connectivity index (χ0v) is 12.9. The van der Waals surface area contributed by atoms with Crippen molar-refractivity contribution in [3.05, 3.63) is 15.6 Å². The highest BCUT2D eigenvalue weighted by Crippen LogP contribution is 2.20. The van der Waals surface area contributed by atoms with Crippen LogP contribution in [0.3, 0.4) is 0 Å². The fraction of sp³-hybridized carbons (Fsp3) is 0.714. The number of ketones is 1. The van der Waals surface area contributed by atoms with Crippen LogP contribution in [0, 0.1) is 0 Å². The summed E-state index contributed by atoms with van der Waals surface area (Å²) in [7, 11) is 2.17. The molecule has 0 spiro atoms. The zero-order valence-electron chi connectivity index (χ0n) is 12.1. The molecule has 0 atom stereocenters. The van der Waals surface area contributed by atoms with Crippen LogP contribution in [-0.2, 0) is 12.8 Å². The van der Waals surface area contributed by atoms with Gasteiger partial charge in [-0.05, 0) is 13.5 Å². The fourth-order valence-corrected chi connectivity index (χ4v) is 3.38. The van der Waals surface area contributed by atoms with Crippen LogP contribution in [0.2, 0.25) is 0 Å². The standard InChI is InChI=1S/C14H23N3OS/c1-4-12-14(11(2)18)19-13(15-12)5-6-17-9-7-16(3)8-10-17/h4-10H2,1-3H3. The van der Waals surface area contributed by atoms with Crippen molar-refractivity contribution in [2.45, 2.75) is 26.7 Å². The molecule has 1 fully saturated rings. The Morgan fingerprint density at radius 2 is 2.00 bits per heavy atom. The van der Waals surface area contributed by atoms with Gasteiger partial charge in [0.25, 0.3) is 0 Å². The lowest BCUT2D eigenvalue weighted by Crippen LogP contribution is -2.45. The lowest BCUT2D eigenvalue weighted by Gasteiger charge is -2.32. The zero-order chi connectivity index (χ0) is 13.8. The van der Waals surface area contributed by atoms with Crippen molar-refractivity contribution in [1.82, 2.24) is 14.8 Å². The molecule has 0 N–H and O–H groups in total. The molecule has 0 bridgehead atoms. The minimum Gasteiger partial charge on any atom is -0.304 e. The lowest BCUT2D eigenvalue weighted by atomic mass is 10.2. The number of thiazole rings is 1. The third-order valence-corrected chi connectivity index (χ3v) is 4.89. The van der Waals surface area contributed by atoms with Crippen molar-refractivity contribution in [3.8, 4) is 0 Å². The quantitative estimate of drug-likeness (QED) is 0.770. The minimum atomic E-state index is 0.153. The molecule has 2 heterocycles. The third-order valence-electron chi connectivity index (χ3n) is 3.63. The molecule has 0 aliphatic carbocycles. The molecule has 0 unspecified atom stereocenters. The molecule has 0 saturated carbocycles. The number of aromatic nitrogens is 1. The molecule has 2 rings (SSSR count). The number of likely N-dealkylation sites (N-methyl/N-ethyl adjacent to an activating group) is 1. The van der Waals surface area contributed by atoms with Crippen LogP contribution in [0.4, 0.5) is 0 Å². The molecule has 106 valence electrons. The first kappa shape index (κ1) is 14.6. The minimum absolute atomic E-state index is 0.153. The third kappa shape index (κ3) is 3.84. The molecule has 0 radical (unpaired) electrons. The highest BCUT2D eigenvalue weighted by atomic mass is 32.1. The summed E-state index contributed by atoms with van der Waals surface area (Å²) < 4.78 is 0. The van der Waals surface area contributed by atoms with E-state index >= 15 is 0 Å². The van der Waals surface area contributed by atoms with Gasteiger partial charge in [0, 0.05) is 46.1 Å². The predicted molar refractivity (Wildman–Crippen MR) is 79.1 cm³/mol. The Balaban J connectivity index is 1.91. The van der Waals surface area contributed by atoms with Crippen LogP contribution < -0.4 is 0 Å². The van der Waals surface area contributed by atoms with Crippen LogP contribution in [-0.4, -0.2) is 60.3 Å². The second-order valence-electron chi connectivity index (χ2n) is 5.19. The van der Waals surface area contributed by atoms with E-state index in [4.69, 9.17) is 0 Å². The number of hydrogen-bond acceptors (Lipinski definition) is 5. The van der Waals surface area contributed by atoms with Crippen LogP contribution >= 0.6 is 11.3 Å². The predicted octanol–water partition coefficient (Wildman–Crippen LogP) is 1.70. The molecule has 4 nitrogen and oxygen atoms in total. The Kier molecular flexibility index (Phi) is 5.07. The maximum absolute atomic E-state index is 11.5. The van der Waals surface area contributed by atoms with E-state index in [9.17, 15) is 4.79 Å². The smallest absolute Gasteiger partial charge is 0.171 e. The van der Waals surface area contributed by atoms with E-state index in [0.717, 1.165) is 61.1 Å². The van der Waals surface area contributed by atoms with Gasteiger partial charge in [-0.1, -0.05) is 6.92 Å². The average Bonchev–Trinajstić information content (AvgIpc) is 2.81. The fourth-order valence-electron chi connectivity index (χ4n) is 2.35. The van der Waals surface area contributed by atoms with Gasteiger partial charge < -0.3 is 9.80 Å². The van der Waals surface area contributed by atoms with E-state index < -0.39 is 0 Å². The van der Waals surface area contributed by atoms with Gasteiger partial charge in [-0.25, -0.2) is 4.98 Å². The largest absolute Gasteiger partial charge is 0.304 e. The summed E-state index contributed by atoms with van der Waals surface area (Å²) in [6.45, 7) is 9.34. The topological polar surface area (TPSA) is 36.4 Å². The first-order valence-corrected chi connectivity index (χ1v) is 7.82. The van der Waals surface area contributed by atoms with Crippen molar-refractivity contribution in [2.75, 3.05) is 39.8 Å². The Bertz CT molecular complexity index is 436. The first-order valence-electron chi connectivity index (χ1n) is 7.00. The molecule has 1 aliphatic heterocycles. The van der Waals surface area contributed by atoms with Gasteiger partial charge in [-0.15, -0.1) is 11.3 Å². The van der Waals surface area contributed by atoms with E-state index in [1.165, 1.54) is 0 Å². The Labute approximate surface area is 119 Å². The lowest BCUT2D eigenvalue weighted by molar-refractivity contribution is 0.102. The van der Waals surface area contributed by atoms with E-state index in [0.29, 0.717) is 0 Å². The first-order chi connectivity index (χ1) is 9.10. The SMILES string of the molecule is CCc1nc(CCN2CCN(C)CC2)sc1C(C)=O. The van der Waals surface area contributed by atoms with Crippen LogP contribution in [0.25, 0.3) is 0 Å². The van der Waals surface area contributed by atoms with Gasteiger partial charge in [0.05, 0.1) is 15.6 Å². The summed E-state index contributed by atoms with van der Waals surface area (Å²) in [4.78, 5) is 21.9. The molecule has 1 aromatic rings. The highest BCUT2D eigenvalue weighted by molar-refractivity contribution is 7.13. The number of nitrogens with zero attached hydrogens (tertiary/aromatic N) is 3. The molecule has 0 aromatic carbocycles. The number of hydrogen-bond donors (Lipinski definition) is 0. The summed E-state index contributed by atoms with van der Waals surface area (Å²) >= 11 is 1.58. The van der Waals surface area contributed by atoms with Crippen LogP contribution in [0.1, 0.15) is 34.2 Å². The molecule has 1 saturated heterocycles. The number of Topliss-reactive ketones (excluding diaryl/α,β-unsaturated/α-hetero) is 1. The van der Waals surface area contributed by atoms with Gasteiger partial charge in [-0.2, -0.15) is 0 Å². The van der Waals surface area contributed by atoms with Crippen LogP contribution in [0.15, 0.2) is 0 Å². The molecule has 19 heavy (non-hydrogen) atoms. The second kappa shape index (κ2) is 6.59. The van der Waals surface area contributed by atoms with Gasteiger partial charge in [0.1, 0.15) is 0 Å². The molecular weight excluding hydrogens is 258 g/mol. The summed E-state index contributed by atoms with van der Waals surface area (Å²) in [5.74, 6) is 0.153. The summed E-state index contributed by atoms with van der Waals surface area (Å²) in [5, 5.41) is 1.11. The van der Waals surface area contributed by atoms with Crippen LogP contribution in [0.5, 0.6) is 0 Å². The highest BCUT2D eigenvalue weighted by Gasteiger charge is 2.16. The van der Waals surface area contributed by atoms with Gasteiger partial charge >= 0.3 is 0 Å². The van der Waals surface area contributed by atoms with E-state index in [2.05, 4.69) is 28.8 Å². The monoisotopic (exact) mass is 281 g/mol. The van der Waals surface area contributed by atoms with E-state index in [1.807, 2.05) is 0 Å². The Morgan fingerprint density at radius 1 is 1.32 bits per heavy atom. The van der Waals surface area contributed by atoms with Gasteiger partial charge in [0.15, 0.2) is 5.78 Å². The van der Waals surface area contributed by atoms with Crippen molar-refractivity contribution >= 4 is 17.1 Å². The number of carbonyl (C=O) groups is 1. The van der Waals surface area contributed by atoms with Crippen molar-refractivity contribution in [2.24, 2.45) is 0 Å². The molecule has 1 aromatic heterocycles. The summed E-state index contributed by atoms with van der Waals surface area (Å²) in [6, 6.07) is 0. The van der Waals surface area contributed by atoms with E-state index in [-0.39, 0.29) is 5.78 Å². The van der Waals surface area contributed by atoms with Gasteiger partial charge in [0.2, 0.25) is 0 Å². The second-order valence-corrected chi connectivity index (χ2v) is 6.27. The summed E-state index contributed by atoms with van der Waals surface area (Å²) in [5.41, 5.74) is 0.978. The Hall–Kier alpha value is -0.780. The number of piperazine rings is 1. The molecule has 0 amide bonds. The molecule has 5 heteroatoms. The van der Waals surface area contributed by atoms with Crippen molar-refractivity contribution in [3.63, 3.8) is 0 Å². The molecule has 1 aliphatic rings. The van der Waals surface area contributed by atoms with E-state index in [1.54, 1.807) is 18.3 Å². The molecular formula is C14H23N3OS. The van der Waals surface area contributed by atoms with Crippen molar-refractivity contribution < 1.29 is 4.79 Å².